The third-order valence-electron chi connectivity index (χ3n) is 4.15. The van der Waals surface area contributed by atoms with Crippen molar-refractivity contribution in [3.05, 3.63) is 17.2 Å². The van der Waals surface area contributed by atoms with Crippen LogP contribution >= 0.6 is 0 Å². The molecule has 0 atom stereocenters. The maximum atomic E-state index is 5.78. The van der Waals surface area contributed by atoms with Crippen molar-refractivity contribution in [2.75, 3.05) is 0 Å². The van der Waals surface area contributed by atoms with Gasteiger partial charge in [-0.3, -0.25) is 0 Å². The Labute approximate surface area is 97.0 Å². The van der Waals surface area contributed by atoms with Gasteiger partial charge in [-0.15, -0.1) is 0 Å². The molecule has 1 aromatic heterocycles. The SMILES string of the molecule is NCc1nc(C2CCCCC2)c2n1CCC2. The van der Waals surface area contributed by atoms with Crippen molar-refractivity contribution in [3.63, 3.8) is 0 Å². The summed E-state index contributed by atoms with van der Waals surface area (Å²) in [6, 6.07) is 0. The van der Waals surface area contributed by atoms with Crippen molar-refractivity contribution in [1.82, 2.24) is 9.55 Å². The quantitative estimate of drug-likeness (QED) is 0.829. The highest BCUT2D eigenvalue weighted by atomic mass is 15.1. The minimum absolute atomic E-state index is 0.597. The van der Waals surface area contributed by atoms with Gasteiger partial charge in [0.25, 0.3) is 0 Å². The molecule has 0 saturated heterocycles. The second-order valence-corrected chi connectivity index (χ2v) is 5.15. The van der Waals surface area contributed by atoms with Crippen molar-refractivity contribution in [3.8, 4) is 0 Å². The zero-order valence-corrected chi connectivity index (χ0v) is 9.91. The third kappa shape index (κ3) is 1.58. The summed E-state index contributed by atoms with van der Waals surface area (Å²) < 4.78 is 2.38. The van der Waals surface area contributed by atoms with E-state index in [9.17, 15) is 0 Å². The second kappa shape index (κ2) is 4.21. The highest BCUT2D eigenvalue weighted by molar-refractivity contribution is 5.24. The van der Waals surface area contributed by atoms with Crippen LogP contribution in [0.15, 0.2) is 0 Å². The Morgan fingerprint density at radius 2 is 2.00 bits per heavy atom. The lowest BCUT2D eigenvalue weighted by molar-refractivity contribution is 0.435. The Balaban J connectivity index is 1.94. The second-order valence-electron chi connectivity index (χ2n) is 5.15. The fourth-order valence-electron chi connectivity index (χ4n) is 3.35. The van der Waals surface area contributed by atoms with Crippen LogP contribution in [0.2, 0.25) is 0 Å². The zero-order valence-electron chi connectivity index (χ0n) is 9.91. The van der Waals surface area contributed by atoms with Crippen molar-refractivity contribution >= 4 is 0 Å². The average molecular weight is 219 g/mol. The molecule has 1 aliphatic carbocycles. The molecule has 0 spiro atoms. The number of hydrogen-bond donors (Lipinski definition) is 1. The largest absolute Gasteiger partial charge is 0.331 e. The van der Waals surface area contributed by atoms with E-state index in [0.717, 1.165) is 18.3 Å². The summed E-state index contributed by atoms with van der Waals surface area (Å²) in [7, 11) is 0. The van der Waals surface area contributed by atoms with Gasteiger partial charge in [-0.2, -0.15) is 0 Å². The van der Waals surface area contributed by atoms with Crippen LogP contribution in [0.25, 0.3) is 0 Å². The van der Waals surface area contributed by atoms with Crippen LogP contribution in [-0.2, 0) is 19.5 Å². The molecule has 0 amide bonds. The fraction of sp³-hybridized carbons (Fsp3) is 0.769. The predicted molar refractivity (Wildman–Crippen MR) is 64.3 cm³/mol. The van der Waals surface area contributed by atoms with Gasteiger partial charge in [0.2, 0.25) is 0 Å². The van der Waals surface area contributed by atoms with E-state index < -0.39 is 0 Å². The van der Waals surface area contributed by atoms with Crippen LogP contribution in [0.3, 0.4) is 0 Å². The monoisotopic (exact) mass is 219 g/mol. The molecular weight excluding hydrogens is 198 g/mol. The van der Waals surface area contributed by atoms with Crippen LogP contribution in [-0.4, -0.2) is 9.55 Å². The van der Waals surface area contributed by atoms with E-state index >= 15 is 0 Å². The van der Waals surface area contributed by atoms with Crippen molar-refractivity contribution < 1.29 is 0 Å². The van der Waals surface area contributed by atoms with E-state index in [1.54, 1.807) is 0 Å². The van der Waals surface area contributed by atoms with Crippen LogP contribution in [0.4, 0.5) is 0 Å². The first-order valence-corrected chi connectivity index (χ1v) is 6.68. The molecule has 0 aromatic carbocycles. The molecule has 0 bridgehead atoms. The average Bonchev–Trinajstić information content (AvgIpc) is 2.91. The summed E-state index contributed by atoms with van der Waals surface area (Å²) in [6.07, 6.45) is 9.37. The number of nitrogens with two attached hydrogens (primary N) is 1. The molecule has 2 heterocycles. The number of fused-ring (bicyclic) bond motifs is 1. The summed E-state index contributed by atoms with van der Waals surface area (Å²) in [4.78, 5) is 4.81. The normalized spacial score (nSPS) is 21.3. The van der Waals surface area contributed by atoms with Crippen molar-refractivity contribution in [2.24, 2.45) is 5.73 Å². The van der Waals surface area contributed by atoms with Crippen molar-refractivity contribution in [2.45, 2.75) is 64.0 Å². The van der Waals surface area contributed by atoms with Gasteiger partial charge in [0.15, 0.2) is 0 Å². The van der Waals surface area contributed by atoms with Crippen LogP contribution in [0.5, 0.6) is 0 Å². The Morgan fingerprint density at radius 1 is 1.19 bits per heavy atom. The molecule has 1 saturated carbocycles. The molecule has 1 fully saturated rings. The molecule has 2 N–H and O–H groups in total. The lowest BCUT2D eigenvalue weighted by Gasteiger charge is -2.20. The van der Waals surface area contributed by atoms with Gasteiger partial charge >= 0.3 is 0 Å². The van der Waals surface area contributed by atoms with E-state index in [0.29, 0.717) is 6.54 Å². The maximum Gasteiger partial charge on any atom is 0.123 e. The van der Waals surface area contributed by atoms with Crippen LogP contribution in [0, 0.1) is 0 Å². The summed E-state index contributed by atoms with van der Waals surface area (Å²) in [5.74, 6) is 1.85. The first-order valence-electron chi connectivity index (χ1n) is 6.68. The van der Waals surface area contributed by atoms with Crippen LogP contribution in [0.1, 0.15) is 61.7 Å². The van der Waals surface area contributed by atoms with Gasteiger partial charge < -0.3 is 10.3 Å². The highest BCUT2D eigenvalue weighted by Crippen LogP contribution is 2.36. The summed E-state index contributed by atoms with van der Waals surface area (Å²) >= 11 is 0. The first kappa shape index (κ1) is 10.3. The molecule has 3 nitrogen and oxygen atoms in total. The molecule has 88 valence electrons. The maximum absolute atomic E-state index is 5.78. The standard InChI is InChI=1S/C13H21N3/c14-9-12-15-13(10-5-2-1-3-6-10)11-7-4-8-16(11)12/h10H,1-9,14H2. The van der Waals surface area contributed by atoms with E-state index in [4.69, 9.17) is 10.7 Å². The fourth-order valence-corrected chi connectivity index (χ4v) is 3.35. The zero-order chi connectivity index (χ0) is 11.0. The number of hydrogen-bond acceptors (Lipinski definition) is 2. The van der Waals surface area contributed by atoms with Gasteiger partial charge in [-0.1, -0.05) is 19.3 Å². The molecular formula is C13H21N3. The van der Waals surface area contributed by atoms with E-state index in [2.05, 4.69) is 4.57 Å². The van der Waals surface area contributed by atoms with E-state index in [1.807, 2.05) is 0 Å². The number of rotatable bonds is 2. The van der Waals surface area contributed by atoms with Gasteiger partial charge in [-0.25, -0.2) is 4.98 Å². The molecule has 0 unspecified atom stereocenters. The Hall–Kier alpha value is -0.830. The number of imidazole rings is 1. The lowest BCUT2D eigenvalue weighted by atomic mass is 9.86. The Morgan fingerprint density at radius 3 is 2.75 bits per heavy atom. The molecule has 16 heavy (non-hydrogen) atoms. The highest BCUT2D eigenvalue weighted by Gasteiger charge is 2.26. The molecule has 3 rings (SSSR count). The molecule has 1 aromatic rings. The summed E-state index contributed by atoms with van der Waals surface area (Å²) in [5.41, 5.74) is 8.69. The van der Waals surface area contributed by atoms with Crippen molar-refractivity contribution in [1.29, 1.82) is 0 Å². The summed E-state index contributed by atoms with van der Waals surface area (Å²) in [5, 5.41) is 0. The van der Waals surface area contributed by atoms with Gasteiger partial charge in [0.1, 0.15) is 5.82 Å². The lowest BCUT2D eigenvalue weighted by Crippen LogP contribution is -2.07. The van der Waals surface area contributed by atoms with Gasteiger partial charge in [0, 0.05) is 18.2 Å². The minimum Gasteiger partial charge on any atom is -0.331 e. The molecule has 2 aliphatic rings. The minimum atomic E-state index is 0.597. The Bertz CT molecular complexity index is 375. The predicted octanol–water partition coefficient (Wildman–Crippen LogP) is 2.34. The van der Waals surface area contributed by atoms with Crippen LogP contribution < -0.4 is 5.73 Å². The van der Waals surface area contributed by atoms with E-state index in [1.165, 1.54) is 56.3 Å². The topological polar surface area (TPSA) is 43.8 Å². The van der Waals surface area contributed by atoms with E-state index in [-0.39, 0.29) is 0 Å². The van der Waals surface area contributed by atoms with Gasteiger partial charge in [0.05, 0.1) is 12.2 Å². The van der Waals surface area contributed by atoms with Gasteiger partial charge in [-0.05, 0) is 25.7 Å². The molecule has 1 aliphatic heterocycles. The molecule has 3 heteroatoms. The third-order valence-corrected chi connectivity index (χ3v) is 4.15. The first-order chi connectivity index (χ1) is 7.90. The number of aromatic nitrogens is 2. The smallest absolute Gasteiger partial charge is 0.123 e. The summed E-state index contributed by atoms with van der Waals surface area (Å²) in [6.45, 7) is 1.74. The molecule has 0 radical (unpaired) electrons. The Kier molecular flexibility index (Phi) is 2.72. The number of nitrogens with zero attached hydrogens (tertiary/aromatic N) is 2.